The topological polar surface area (TPSA) is 116 Å². The first-order valence-corrected chi connectivity index (χ1v) is 13.7. The zero-order valence-electron chi connectivity index (χ0n) is 22.1. The normalized spacial score (nSPS) is 11.2. The minimum atomic E-state index is -4.07. The number of para-hydroxylation sites is 2. The Kier molecular flexibility index (Phi) is 9.24. The molecule has 0 radical (unpaired) electrons. The maximum absolute atomic E-state index is 13.3. The first-order valence-electron chi connectivity index (χ1n) is 11.9. The number of nitrogens with zero attached hydrogens (tertiary/aromatic N) is 4. The van der Waals surface area contributed by atoms with E-state index in [2.05, 4.69) is 24.7 Å². The predicted molar refractivity (Wildman–Crippen MR) is 148 cm³/mol. The highest BCUT2D eigenvalue weighted by molar-refractivity contribution is 7.92. The van der Waals surface area contributed by atoms with Crippen LogP contribution in [0.5, 0.6) is 17.2 Å². The van der Waals surface area contributed by atoms with E-state index in [4.69, 9.17) is 21.1 Å². The Morgan fingerprint density at radius 1 is 0.842 bits per heavy atom. The molecule has 38 heavy (non-hydrogen) atoms. The van der Waals surface area contributed by atoms with Gasteiger partial charge in [0.05, 0.1) is 12.0 Å². The number of hydrogen-bond donors (Lipinski definition) is 1. The fourth-order valence-corrected chi connectivity index (χ4v) is 4.44. The fraction of sp³-hybridized carbons (Fsp3) is 0.259. The third-order valence-electron chi connectivity index (χ3n) is 5.13. The number of hydrogen-bond acceptors (Lipinski definition) is 8. The van der Waals surface area contributed by atoms with E-state index in [-0.39, 0.29) is 38.7 Å². The summed E-state index contributed by atoms with van der Waals surface area (Å²) in [6.45, 7) is 10.1. The van der Waals surface area contributed by atoms with Gasteiger partial charge in [0, 0.05) is 12.4 Å². The van der Waals surface area contributed by atoms with Crippen LogP contribution in [0, 0.1) is 0 Å². The van der Waals surface area contributed by atoms with Gasteiger partial charge in [-0.05, 0) is 41.3 Å². The summed E-state index contributed by atoms with van der Waals surface area (Å²) < 4.78 is 40.4. The SMILES string of the molecule is CC.COc1ccccc1Oc1c(Cl)nc(-c2ncccn2)nc1NS(=O)(=O)c1ccc(C(C)(C)C)cc1. The number of rotatable bonds is 7. The molecule has 0 aliphatic heterocycles. The van der Waals surface area contributed by atoms with Gasteiger partial charge in [0.2, 0.25) is 11.6 Å². The molecule has 200 valence electrons. The first kappa shape index (κ1) is 28.8. The van der Waals surface area contributed by atoms with Crippen molar-refractivity contribution in [2.45, 2.75) is 44.9 Å². The molecule has 4 aromatic rings. The third kappa shape index (κ3) is 6.76. The number of halogens is 1. The smallest absolute Gasteiger partial charge is 0.263 e. The molecule has 0 atom stereocenters. The largest absolute Gasteiger partial charge is 0.493 e. The van der Waals surface area contributed by atoms with Gasteiger partial charge in [-0.2, -0.15) is 0 Å². The lowest BCUT2D eigenvalue weighted by Gasteiger charge is -2.19. The molecule has 2 aromatic heterocycles. The summed E-state index contributed by atoms with van der Waals surface area (Å²) in [5.41, 5.74) is 0.867. The highest BCUT2D eigenvalue weighted by Gasteiger charge is 2.24. The van der Waals surface area contributed by atoms with E-state index in [1.807, 2.05) is 34.6 Å². The van der Waals surface area contributed by atoms with Gasteiger partial charge in [0.15, 0.2) is 28.3 Å². The van der Waals surface area contributed by atoms with E-state index in [1.165, 1.54) is 31.6 Å². The lowest BCUT2D eigenvalue weighted by molar-refractivity contribution is 0.378. The number of anilines is 1. The average molecular weight is 556 g/mol. The lowest BCUT2D eigenvalue weighted by Crippen LogP contribution is -2.17. The molecule has 0 aliphatic carbocycles. The van der Waals surface area contributed by atoms with Crippen LogP contribution < -0.4 is 14.2 Å². The summed E-state index contributed by atoms with van der Waals surface area (Å²) in [6, 6.07) is 15.1. The van der Waals surface area contributed by atoms with Crippen molar-refractivity contribution in [3.8, 4) is 28.9 Å². The molecular formula is C27H30ClN5O4S. The van der Waals surface area contributed by atoms with Crippen LogP contribution >= 0.6 is 11.6 Å². The van der Waals surface area contributed by atoms with E-state index in [9.17, 15) is 8.42 Å². The van der Waals surface area contributed by atoms with Crippen molar-refractivity contribution in [2.75, 3.05) is 11.8 Å². The molecule has 2 aromatic carbocycles. The minimum Gasteiger partial charge on any atom is -0.493 e. The van der Waals surface area contributed by atoms with Gasteiger partial charge in [-0.1, -0.05) is 70.5 Å². The molecule has 0 unspecified atom stereocenters. The molecule has 0 saturated heterocycles. The Balaban J connectivity index is 0.00000195. The Morgan fingerprint density at radius 2 is 1.45 bits per heavy atom. The van der Waals surface area contributed by atoms with Gasteiger partial charge in [-0.3, -0.25) is 4.72 Å². The Hall–Kier alpha value is -3.76. The number of methoxy groups -OCH3 is 1. The molecule has 0 saturated carbocycles. The second-order valence-corrected chi connectivity index (χ2v) is 10.8. The van der Waals surface area contributed by atoms with Gasteiger partial charge >= 0.3 is 0 Å². The van der Waals surface area contributed by atoms with Gasteiger partial charge in [-0.25, -0.2) is 28.4 Å². The lowest BCUT2D eigenvalue weighted by atomic mass is 9.87. The Morgan fingerprint density at radius 3 is 2.03 bits per heavy atom. The molecule has 11 heteroatoms. The zero-order valence-corrected chi connectivity index (χ0v) is 23.6. The van der Waals surface area contributed by atoms with Crippen molar-refractivity contribution in [3.05, 3.63) is 77.7 Å². The molecule has 2 heterocycles. The summed E-state index contributed by atoms with van der Waals surface area (Å²) in [6.07, 6.45) is 3.03. The monoisotopic (exact) mass is 555 g/mol. The molecule has 4 rings (SSSR count). The standard InChI is InChI=1S/C25H24ClN5O4S.C2H6/c1-25(2,3)16-10-12-17(13-11-16)36(32,33)31-22-20(35-19-9-6-5-8-18(19)34-4)21(26)29-24(30-22)23-27-14-7-15-28-23;1-2/h5-15H,1-4H3,(H,29,30,31);1-2H3. The molecule has 0 aliphatic rings. The van der Waals surface area contributed by atoms with E-state index in [0.717, 1.165) is 5.56 Å². The number of aromatic nitrogens is 4. The van der Waals surface area contributed by atoms with Gasteiger partial charge < -0.3 is 9.47 Å². The van der Waals surface area contributed by atoms with Crippen molar-refractivity contribution in [1.82, 2.24) is 19.9 Å². The van der Waals surface area contributed by atoms with Crippen LogP contribution in [0.1, 0.15) is 40.2 Å². The fourth-order valence-electron chi connectivity index (χ4n) is 3.23. The summed E-state index contributed by atoms with van der Waals surface area (Å²) in [5, 5.41) is -0.140. The molecule has 0 amide bonds. The number of sulfonamides is 1. The van der Waals surface area contributed by atoms with Crippen LogP contribution in [0.15, 0.2) is 71.9 Å². The summed E-state index contributed by atoms with van der Waals surface area (Å²) in [7, 11) is -2.59. The highest BCUT2D eigenvalue weighted by Crippen LogP contribution is 2.39. The van der Waals surface area contributed by atoms with Crippen molar-refractivity contribution >= 4 is 27.4 Å². The molecule has 9 nitrogen and oxygen atoms in total. The van der Waals surface area contributed by atoms with Crippen molar-refractivity contribution in [3.63, 3.8) is 0 Å². The quantitative estimate of drug-likeness (QED) is 0.256. The molecule has 1 N–H and O–H groups in total. The van der Waals surface area contributed by atoms with Gasteiger partial charge in [0.1, 0.15) is 0 Å². The van der Waals surface area contributed by atoms with Crippen LogP contribution in [-0.4, -0.2) is 35.5 Å². The number of nitrogens with one attached hydrogen (secondary N) is 1. The maximum atomic E-state index is 13.3. The van der Waals surface area contributed by atoms with Crippen molar-refractivity contribution < 1.29 is 17.9 Å². The van der Waals surface area contributed by atoms with Crippen LogP contribution in [0.3, 0.4) is 0 Å². The van der Waals surface area contributed by atoms with Crippen LogP contribution in [0.4, 0.5) is 5.82 Å². The van der Waals surface area contributed by atoms with Gasteiger partial charge in [-0.15, -0.1) is 0 Å². The van der Waals surface area contributed by atoms with E-state index in [1.54, 1.807) is 42.5 Å². The predicted octanol–water partition coefficient (Wildman–Crippen LogP) is 6.51. The van der Waals surface area contributed by atoms with Crippen molar-refractivity contribution in [2.24, 2.45) is 0 Å². The molecule has 0 fully saturated rings. The van der Waals surface area contributed by atoms with Crippen LogP contribution in [0.25, 0.3) is 11.6 Å². The van der Waals surface area contributed by atoms with E-state index >= 15 is 0 Å². The van der Waals surface area contributed by atoms with Crippen molar-refractivity contribution in [1.29, 1.82) is 0 Å². The van der Waals surface area contributed by atoms with Crippen LogP contribution in [-0.2, 0) is 15.4 Å². The summed E-state index contributed by atoms with van der Waals surface area (Å²) in [5.74, 6) is 0.616. The number of ether oxygens (including phenoxy) is 2. The summed E-state index contributed by atoms with van der Waals surface area (Å²) >= 11 is 6.47. The molecule has 0 spiro atoms. The maximum Gasteiger partial charge on any atom is 0.263 e. The van der Waals surface area contributed by atoms with Crippen LogP contribution in [0.2, 0.25) is 5.15 Å². The Labute approximate surface area is 228 Å². The van der Waals surface area contributed by atoms with E-state index < -0.39 is 10.0 Å². The first-order chi connectivity index (χ1) is 18.1. The minimum absolute atomic E-state index is 0.0220. The van der Waals surface area contributed by atoms with Gasteiger partial charge in [0.25, 0.3) is 10.0 Å². The molecule has 0 bridgehead atoms. The second-order valence-electron chi connectivity index (χ2n) is 8.72. The highest BCUT2D eigenvalue weighted by atomic mass is 35.5. The number of benzene rings is 2. The summed E-state index contributed by atoms with van der Waals surface area (Å²) in [4.78, 5) is 16.9. The zero-order chi connectivity index (χ0) is 27.9. The second kappa shape index (κ2) is 12.2. The third-order valence-corrected chi connectivity index (χ3v) is 6.74. The van der Waals surface area contributed by atoms with E-state index in [0.29, 0.717) is 11.5 Å². The Bertz CT molecular complexity index is 1480. The average Bonchev–Trinajstić information content (AvgIpc) is 2.91. The molecular weight excluding hydrogens is 526 g/mol.